The minimum atomic E-state index is -0.435. The van der Waals surface area contributed by atoms with E-state index in [0.29, 0.717) is 23.6 Å². The van der Waals surface area contributed by atoms with Crippen molar-refractivity contribution in [2.75, 3.05) is 6.79 Å². The summed E-state index contributed by atoms with van der Waals surface area (Å²) >= 11 is 0. The molecule has 3 aromatic carbocycles. The molecule has 6 nitrogen and oxygen atoms in total. The minimum Gasteiger partial charge on any atom is -0.454 e. The smallest absolute Gasteiger partial charge is 0.251 e. The zero-order valence-corrected chi connectivity index (χ0v) is 16.3. The van der Waals surface area contributed by atoms with Gasteiger partial charge in [0.15, 0.2) is 11.5 Å². The van der Waals surface area contributed by atoms with Gasteiger partial charge >= 0.3 is 0 Å². The van der Waals surface area contributed by atoms with Crippen LogP contribution in [0.1, 0.15) is 33.9 Å². The predicted octanol–water partition coefficient (Wildman–Crippen LogP) is 3.59. The summed E-state index contributed by atoms with van der Waals surface area (Å²) in [7, 11) is 0. The number of ether oxygens (including phenoxy) is 2. The highest BCUT2D eigenvalue weighted by Gasteiger charge is 2.19. The van der Waals surface area contributed by atoms with E-state index in [2.05, 4.69) is 10.6 Å². The first kappa shape index (κ1) is 19.5. The van der Waals surface area contributed by atoms with Crippen LogP contribution in [0.2, 0.25) is 0 Å². The summed E-state index contributed by atoms with van der Waals surface area (Å²) < 4.78 is 10.7. The van der Waals surface area contributed by atoms with Gasteiger partial charge in [-0.05, 0) is 35.4 Å². The second-order valence-electron chi connectivity index (χ2n) is 6.97. The molecule has 1 unspecified atom stereocenters. The first-order chi connectivity index (χ1) is 14.7. The van der Waals surface area contributed by atoms with E-state index in [1.807, 2.05) is 66.7 Å². The number of amides is 2. The van der Waals surface area contributed by atoms with Crippen molar-refractivity contribution in [3.05, 3.63) is 95.6 Å². The van der Waals surface area contributed by atoms with Gasteiger partial charge in [0.05, 0.1) is 12.5 Å². The maximum absolute atomic E-state index is 12.6. The Balaban J connectivity index is 1.41. The Morgan fingerprint density at radius 2 is 1.57 bits per heavy atom. The fourth-order valence-corrected chi connectivity index (χ4v) is 3.28. The van der Waals surface area contributed by atoms with Crippen LogP contribution in [-0.2, 0) is 11.3 Å². The Morgan fingerprint density at radius 3 is 2.33 bits per heavy atom. The normalized spacial score (nSPS) is 12.8. The summed E-state index contributed by atoms with van der Waals surface area (Å²) in [5.74, 6) is 1.01. The third-order valence-electron chi connectivity index (χ3n) is 4.86. The number of carbonyl (C=O) groups excluding carboxylic acids is 2. The number of carbonyl (C=O) groups is 2. The number of nitrogens with one attached hydrogen (secondary N) is 2. The molecule has 6 heteroatoms. The third-order valence-corrected chi connectivity index (χ3v) is 4.86. The van der Waals surface area contributed by atoms with Crippen molar-refractivity contribution in [3.8, 4) is 11.5 Å². The van der Waals surface area contributed by atoms with E-state index < -0.39 is 6.04 Å². The number of hydrogen-bond acceptors (Lipinski definition) is 4. The van der Waals surface area contributed by atoms with Crippen LogP contribution in [0.25, 0.3) is 0 Å². The SMILES string of the molecule is O=C(CC(NC(=O)c1ccccc1)c1ccccc1)NCc1ccc2c(c1)OCO2. The summed E-state index contributed by atoms with van der Waals surface area (Å²) in [6.07, 6.45) is 0.132. The number of benzene rings is 3. The first-order valence-corrected chi connectivity index (χ1v) is 9.75. The predicted molar refractivity (Wildman–Crippen MR) is 112 cm³/mol. The topological polar surface area (TPSA) is 76.7 Å². The lowest BCUT2D eigenvalue weighted by molar-refractivity contribution is -0.121. The van der Waals surface area contributed by atoms with Crippen molar-refractivity contribution >= 4 is 11.8 Å². The molecule has 0 aliphatic carbocycles. The average molecular weight is 402 g/mol. The molecule has 2 N–H and O–H groups in total. The van der Waals surface area contributed by atoms with Crippen LogP contribution < -0.4 is 20.1 Å². The maximum Gasteiger partial charge on any atom is 0.251 e. The molecule has 0 radical (unpaired) electrons. The molecule has 4 rings (SSSR count). The molecule has 2 amide bonds. The zero-order valence-electron chi connectivity index (χ0n) is 16.3. The van der Waals surface area contributed by atoms with Gasteiger partial charge < -0.3 is 20.1 Å². The molecule has 0 aromatic heterocycles. The van der Waals surface area contributed by atoms with Gasteiger partial charge in [0.2, 0.25) is 12.7 Å². The van der Waals surface area contributed by atoms with E-state index in [4.69, 9.17) is 9.47 Å². The zero-order chi connectivity index (χ0) is 20.8. The van der Waals surface area contributed by atoms with Crippen molar-refractivity contribution in [1.82, 2.24) is 10.6 Å². The van der Waals surface area contributed by atoms with E-state index in [9.17, 15) is 9.59 Å². The van der Waals surface area contributed by atoms with Gasteiger partial charge in [-0.1, -0.05) is 54.6 Å². The van der Waals surface area contributed by atoms with Crippen LogP contribution in [0.15, 0.2) is 78.9 Å². The molecule has 0 saturated carbocycles. The molecule has 0 fully saturated rings. The van der Waals surface area contributed by atoms with Crippen LogP contribution in [0.4, 0.5) is 0 Å². The molecule has 0 saturated heterocycles. The Labute approximate surface area is 174 Å². The first-order valence-electron chi connectivity index (χ1n) is 9.75. The van der Waals surface area contributed by atoms with Crippen LogP contribution >= 0.6 is 0 Å². The third kappa shape index (κ3) is 4.78. The lowest BCUT2D eigenvalue weighted by atomic mass is 10.0. The number of hydrogen-bond donors (Lipinski definition) is 2. The molecule has 1 heterocycles. The van der Waals surface area contributed by atoms with E-state index in [-0.39, 0.29) is 25.0 Å². The Bertz CT molecular complexity index is 1020. The molecule has 1 atom stereocenters. The number of rotatable bonds is 7. The summed E-state index contributed by atoms with van der Waals surface area (Å²) in [5, 5.41) is 5.89. The van der Waals surface area contributed by atoms with Gasteiger partial charge in [-0.3, -0.25) is 9.59 Å². The van der Waals surface area contributed by atoms with Crippen LogP contribution in [0.5, 0.6) is 11.5 Å². The van der Waals surface area contributed by atoms with Crippen LogP contribution in [0.3, 0.4) is 0 Å². The fourth-order valence-electron chi connectivity index (χ4n) is 3.28. The lowest BCUT2D eigenvalue weighted by Crippen LogP contribution is -2.33. The molecule has 1 aliphatic heterocycles. The van der Waals surface area contributed by atoms with Gasteiger partial charge in [-0.15, -0.1) is 0 Å². The molecule has 3 aromatic rings. The van der Waals surface area contributed by atoms with Crippen molar-refractivity contribution in [2.24, 2.45) is 0 Å². The van der Waals surface area contributed by atoms with Crippen molar-refractivity contribution in [3.63, 3.8) is 0 Å². The Morgan fingerprint density at radius 1 is 0.867 bits per heavy atom. The molecule has 0 bridgehead atoms. The van der Waals surface area contributed by atoms with Crippen molar-refractivity contribution in [2.45, 2.75) is 19.0 Å². The summed E-state index contributed by atoms with van der Waals surface area (Å²) in [5.41, 5.74) is 2.34. The summed E-state index contributed by atoms with van der Waals surface area (Å²) in [6.45, 7) is 0.578. The van der Waals surface area contributed by atoms with Gasteiger partial charge in [0, 0.05) is 12.1 Å². The largest absolute Gasteiger partial charge is 0.454 e. The second-order valence-corrected chi connectivity index (χ2v) is 6.97. The Hall–Kier alpha value is -3.80. The number of fused-ring (bicyclic) bond motifs is 1. The summed E-state index contributed by atoms with van der Waals surface area (Å²) in [4.78, 5) is 25.3. The van der Waals surface area contributed by atoms with Crippen molar-refractivity contribution in [1.29, 1.82) is 0 Å². The molecule has 152 valence electrons. The molecular formula is C24H22N2O4. The molecule has 1 aliphatic rings. The second kappa shape index (κ2) is 9.13. The summed E-state index contributed by atoms with van der Waals surface area (Å²) in [6, 6.07) is 23.6. The molecule has 0 spiro atoms. The fraction of sp³-hybridized carbons (Fsp3) is 0.167. The highest BCUT2D eigenvalue weighted by molar-refractivity contribution is 5.94. The molecule has 30 heavy (non-hydrogen) atoms. The van der Waals surface area contributed by atoms with Crippen LogP contribution in [0, 0.1) is 0 Å². The van der Waals surface area contributed by atoms with Crippen LogP contribution in [-0.4, -0.2) is 18.6 Å². The highest BCUT2D eigenvalue weighted by atomic mass is 16.7. The van der Waals surface area contributed by atoms with E-state index in [1.165, 1.54) is 0 Å². The van der Waals surface area contributed by atoms with Crippen molar-refractivity contribution < 1.29 is 19.1 Å². The van der Waals surface area contributed by atoms with Gasteiger partial charge in [-0.2, -0.15) is 0 Å². The average Bonchev–Trinajstić information content (AvgIpc) is 3.26. The van der Waals surface area contributed by atoms with Gasteiger partial charge in [-0.25, -0.2) is 0 Å². The quantitative estimate of drug-likeness (QED) is 0.633. The van der Waals surface area contributed by atoms with E-state index in [0.717, 1.165) is 11.1 Å². The minimum absolute atomic E-state index is 0.132. The Kier molecular flexibility index (Phi) is 5.94. The lowest BCUT2D eigenvalue weighted by Gasteiger charge is -2.19. The monoisotopic (exact) mass is 402 g/mol. The van der Waals surface area contributed by atoms with Gasteiger partial charge in [0.1, 0.15) is 0 Å². The maximum atomic E-state index is 12.6. The van der Waals surface area contributed by atoms with E-state index in [1.54, 1.807) is 12.1 Å². The standard InChI is InChI=1S/C24H22N2O4/c27-23(25-15-17-11-12-21-22(13-17)30-16-29-21)14-20(18-7-3-1-4-8-18)26-24(28)19-9-5-2-6-10-19/h1-13,20H,14-16H2,(H,25,27)(H,26,28). The van der Waals surface area contributed by atoms with E-state index >= 15 is 0 Å². The van der Waals surface area contributed by atoms with Gasteiger partial charge in [0.25, 0.3) is 5.91 Å². The molecular weight excluding hydrogens is 380 g/mol. The highest BCUT2D eigenvalue weighted by Crippen LogP contribution is 2.32.